The number of halogens is 1. The molecule has 0 saturated carbocycles. The van der Waals surface area contributed by atoms with E-state index < -0.39 is 28.0 Å². The Kier molecular flexibility index (Phi) is 2.76. The van der Waals surface area contributed by atoms with Crippen molar-refractivity contribution in [2.24, 2.45) is 0 Å². The minimum Gasteiger partial charge on any atom is -0.480 e. The largest absolute Gasteiger partial charge is 0.480 e. The van der Waals surface area contributed by atoms with Crippen molar-refractivity contribution in [1.29, 1.82) is 0 Å². The molecular weight excluding hydrogens is 251 g/mol. The molecule has 0 aliphatic carbocycles. The maximum Gasteiger partial charge on any atom is 0.328 e. The molecular formula is C9H9FN2O4S. The highest BCUT2D eigenvalue weighted by atomic mass is 32.2. The summed E-state index contributed by atoms with van der Waals surface area (Å²) in [7, 11) is -3.87. The number of rotatable bonds is 2. The van der Waals surface area contributed by atoms with Crippen molar-refractivity contribution in [3.8, 4) is 0 Å². The second kappa shape index (κ2) is 3.97. The number of hydrogen-bond donors (Lipinski definition) is 2. The van der Waals surface area contributed by atoms with Gasteiger partial charge in [0.1, 0.15) is 5.82 Å². The van der Waals surface area contributed by atoms with Crippen molar-refractivity contribution in [3.63, 3.8) is 0 Å². The normalized spacial score (nSPS) is 22.6. The zero-order chi connectivity index (χ0) is 12.6. The van der Waals surface area contributed by atoms with E-state index in [4.69, 9.17) is 5.11 Å². The van der Waals surface area contributed by atoms with Crippen LogP contribution < -0.4 is 9.03 Å². The lowest BCUT2D eigenvalue weighted by Crippen LogP contribution is -2.40. The maximum absolute atomic E-state index is 12.7. The van der Waals surface area contributed by atoms with Crippen LogP contribution in [0.4, 0.5) is 10.1 Å². The molecule has 6 nitrogen and oxygen atoms in total. The summed E-state index contributed by atoms with van der Waals surface area (Å²) >= 11 is 0. The number of nitrogens with zero attached hydrogens (tertiary/aromatic N) is 1. The first-order valence-electron chi connectivity index (χ1n) is 4.69. The van der Waals surface area contributed by atoms with E-state index in [2.05, 4.69) is 4.72 Å². The third-order valence-corrected chi connectivity index (χ3v) is 3.88. The quantitative estimate of drug-likeness (QED) is 0.779. The molecule has 1 saturated heterocycles. The molecule has 1 fully saturated rings. The standard InChI is InChI=1S/C9H9FN2O4S/c10-6-1-3-7(4-2-6)12-8(9(13)14)5-11-17(12,15)16/h1-4,8,11H,5H2,(H,13,14). The number of anilines is 1. The molecule has 1 aromatic rings. The summed E-state index contributed by atoms with van der Waals surface area (Å²) in [6.07, 6.45) is 0. The summed E-state index contributed by atoms with van der Waals surface area (Å²) in [5, 5.41) is 8.91. The second-order valence-electron chi connectivity index (χ2n) is 3.48. The molecule has 1 aliphatic rings. The first-order chi connectivity index (χ1) is 7.92. The number of carbonyl (C=O) groups is 1. The molecule has 1 unspecified atom stereocenters. The summed E-state index contributed by atoms with van der Waals surface area (Å²) in [4.78, 5) is 10.9. The van der Waals surface area contributed by atoms with Crippen LogP contribution in [0.3, 0.4) is 0 Å². The van der Waals surface area contributed by atoms with E-state index in [1.54, 1.807) is 0 Å². The molecule has 2 N–H and O–H groups in total. The highest BCUT2D eigenvalue weighted by molar-refractivity contribution is 7.91. The molecule has 1 heterocycles. The third kappa shape index (κ3) is 2.08. The van der Waals surface area contributed by atoms with Gasteiger partial charge in [0, 0.05) is 6.54 Å². The van der Waals surface area contributed by atoms with Gasteiger partial charge in [0.2, 0.25) is 0 Å². The van der Waals surface area contributed by atoms with E-state index >= 15 is 0 Å². The van der Waals surface area contributed by atoms with Crippen LogP contribution in [0.1, 0.15) is 0 Å². The number of nitrogens with one attached hydrogen (secondary N) is 1. The predicted molar refractivity (Wildman–Crippen MR) is 57.2 cm³/mol. The summed E-state index contributed by atoms with van der Waals surface area (Å²) in [6.45, 7) is -0.213. The fourth-order valence-electron chi connectivity index (χ4n) is 1.60. The fraction of sp³-hybridized carbons (Fsp3) is 0.222. The van der Waals surface area contributed by atoms with Crippen molar-refractivity contribution in [2.75, 3.05) is 10.8 Å². The van der Waals surface area contributed by atoms with Crippen molar-refractivity contribution < 1.29 is 22.7 Å². The van der Waals surface area contributed by atoms with Crippen LogP contribution in [-0.4, -0.2) is 32.1 Å². The SMILES string of the molecule is O=C(O)C1CNS(=O)(=O)N1c1ccc(F)cc1. The number of carboxylic acid groups (broad SMARTS) is 1. The zero-order valence-electron chi connectivity index (χ0n) is 8.50. The van der Waals surface area contributed by atoms with E-state index in [0.29, 0.717) is 0 Å². The first kappa shape index (κ1) is 11.8. The molecule has 8 heteroatoms. The predicted octanol–water partition coefficient (Wildman–Crippen LogP) is -0.0667. The second-order valence-corrected chi connectivity index (χ2v) is 5.11. The highest BCUT2D eigenvalue weighted by Gasteiger charge is 2.41. The van der Waals surface area contributed by atoms with Crippen molar-refractivity contribution in [3.05, 3.63) is 30.1 Å². The van der Waals surface area contributed by atoms with Crippen molar-refractivity contribution in [1.82, 2.24) is 4.72 Å². The molecule has 1 aromatic carbocycles. The third-order valence-electron chi connectivity index (χ3n) is 2.37. The Morgan fingerprint density at radius 3 is 2.53 bits per heavy atom. The molecule has 0 amide bonds. The minimum absolute atomic E-state index is 0.115. The fourth-order valence-corrected chi connectivity index (χ4v) is 3.01. The summed E-state index contributed by atoms with van der Waals surface area (Å²) in [5.74, 6) is -1.78. The number of aliphatic carboxylic acids is 1. The smallest absolute Gasteiger partial charge is 0.328 e. The average Bonchev–Trinajstić information content (AvgIpc) is 2.56. The Morgan fingerprint density at radius 1 is 1.41 bits per heavy atom. The minimum atomic E-state index is -3.87. The Hall–Kier alpha value is -1.67. The van der Waals surface area contributed by atoms with Gasteiger partial charge >= 0.3 is 16.2 Å². The summed E-state index contributed by atoms with van der Waals surface area (Å²) in [6, 6.07) is 3.36. The Bertz CT molecular complexity index is 543. The topological polar surface area (TPSA) is 86.7 Å². The summed E-state index contributed by atoms with van der Waals surface area (Å²) < 4.78 is 38.8. The number of hydrogen-bond acceptors (Lipinski definition) is 3. The lowest BCUT2D eigenvalue weighted by Gasteiger charge is -2.20. The van der Waals surface area contributed by atoms with Gasteiger partial charge < -0.3 is 5.11 Å². The highest BCUT2D eigenvalue weighted by Crippen LogP contribution is 2.24. The summed E-state index contributed by atoms with van der Waals surface area (Å²) in [5.41, 5.74) is 0.115. The van der Waals surface area contributed by atoms with Crippen LogP contribution in [0.2, 0.25) is 0 Å². The van der Waals surface area contributed by atoms with Crippen LogP contribution in [0, 0.1) is 5.82 Å². The van der Waals surface area contributed by atoms with Gasteiger partial charge in [-0.15, -0.1) is 0 Å². The van der Waals surface area contributed by atoms with Gasteiger partial charge in [0.15, 0.2) is 6.04 Å². The molecule has 1 aliphatic heterocycles. The van der Waals surface area contributed by atoms with E-state index in [1.165, 1.54) is 12.1 Å². The lowest BCUT2D eigenvalue weighted by atomic mass is 10.2. The van der Waals surface area contributed by atoms with E-state index in [0.717, 1.165) is 16.4 Å². The van der Waals surface area contributed by atoms with E-state index in [1.807, 2.05) is 0 Å². The number of benzene rings is 1. The zero-order valence-corrected chi connectivity index (χ0v) is 9.32. The van der Waals surface area contributed by atoms with Gasteiger partial charge in [-0.3, -0.25) is 0 Å². The van der Waals surface area contributed by atoms with Crippen LogP contribution in [0.25, 0.3) is 0 Å². The van der Waals surface area contributed by atoms with Gasteiger partial charge in [-0.25, -0.2) is 13.5 Å². The monoisotopic (exact) mass is 260 g/mol. The maximum atomic E-state index is 12.7. The van der Waals surface area contributed by atoms with Gasteiger partial charge in [-0.2, -0.15) is 13.1 Å². The average molecular weight is 260 g/mol. The van der Waals surface area contributed by atoms with Gasteiger partial charge in [0.05, 0.1) is 5.69 Å². The lowest BCUT2D eigenvalue weighted by molar-refractivity contribution is -0.137. The van der Waals surface area contributed by atoms with Crippen molar-refractivity contribution in [2.45, 2.75) is 6.04 Å². The van der Waals surface area contributed by atoms with Crippen molar-refractivity contribution >= 4 is 21.9 Å². The first-order valence-corrected chi connectivity index (χ1v) is 6.13. The van der Waals surface area contributed by atoms with Gasteiger partial charge in [-0.1, -0.05) is 0 Å². The molecule has 0 radical (unpaired) electrons. The van der Waals surface area contributed by atoms with E-state index in [9.17, 15) is 17.6 Å². The van der Waals surface area contributed by atoms with Crippen LogP contribution in [0.15, 0.2) is 24.3 Å². The molecule has 0 aromatic heterocycles. The Labute approximate surface area is 96.8 Å². The van der Waals surface area contributed by atoms with Gasteiger partial charge in [-0.05, 0) is 24.3 Å². The Morgan fingerprint density at radius 2 is 2.00 bits per heavy atom. The Balaban J connectivity index is 2.46. The van der Waals surface area contributed by atoms with Crippen LogP contribution in [-0.2, 0) is 15.0 Å². The molecule has 0 bridgehead atoms. The van der Waals surface area contributed by atoms with Gasteiger partial charge in [0.25, 0.3) is 0 Å². The number of carboxylic acids is 1. The molecule has 0 spiro atoms. The van der Waals surface area contributed by atoms with Crippen LogP contribution >= 0.6 is 0 Å². The molecule has 92 valence electrons. The molecule has 2 rings (SSSR count). The van der Waals surface area contributed by atoms with E-state index in [-0.39, 0.29) is 12.2 Å². The molecule has 1 atom stereocenters. The van der Waals surface area contributed by atoms with Crippen LogP contribution in [0.5, 0.6) is 0 Å². The molecule has 17 heavy (non-hydrogen) atoms.